The molecule has 152 valence electrons. The monoisotopic (exact) mass is 414 g/mol. The van der Waals surface area contributed by atoms with Crippen LogP contribution < -0.4 is 4.74 Å². The lowest BCUT2D eigenvalue weighted by molar-refractivity contribution is 0.0226. The summed E-state index contributed by atoms with van der Waals surface area (Å²) in [5.41, 5.74) is 3.32. The van der Waals surface area contributed by atoms with Gasteiger partial charge in [0.25, 0.3) is 0 Å². The van der Waals surface area contributed by atoms with E-state index in [4.69, 9.17) is 9.47 Å². The highest BCUT2D eigenvalue weighted by atomic mass is 16.6. The SMILES string of the molecule is Cc1ccc2c3c(ccc2c1)C1(OC(=O)c2ccccc21)c1ccc2ccccc2c1O3. The van der Waals surface area contributed by atoms with Gasteiger partial charge < -0.3 is 9.47 Å². The van der Waals surface area contributed by atoms with Crippen molar-refractivity contribution in [2.45, 2.75) is 12.5 Å². The van der Waals surface area contributed by atoms with Crippen molar-refractivity contribution in [2.24, 2.45) is 0 Å². The highest BCUT2D eigenvalue weighted by Crippen LogP contribution is 2.58. The van der Waals surface area contributed by atoms with Crippen LogP contribution in [0.2, 0.25) is 0 Å². The summed E-state index contributed by atoms with van der Waals surface area (Å²) in [7, 11) is 0. The fourth-order valence-corrected chi connectivity index (χ4v) is 5.30. The molecule has 0 saturated heterocycles. The molecule has 0 amide bonds. The molecule has 0 aliphatic carbocycles. The largest absolute Gasteiger partial charge is 0.455 e. The number of carbonyl (C=O) groups excluding carboxylic acids is 1. The molecule has 1 atom stereocenters. The summed E-state index contributed by atoms with van der Waals surface area (Å²) in [6.07, 6.45) is 0. The van der Waals surface area contributed by atoms with Crippen molar-refractivity contribution in [3.8, 4) is 11.5 Å². The normalized spacial score (nSPS) is 18.2. The Hall–Kier alpha value is -4.11. The Bertz CT molecular complexity index is 1610. The minimum absolute atomic E-state index is 0.309. The Morgan fingerprint density at radius 3 is 2.19 bits per heavy atom. The van der Waals surface area contributed by atoms with Crippen molar-refractivity contribution in [3.63, 3.8) is 0 Å². The van der Waals surface area contributed by atoms with E-state index >= 15 is 0 Å². The molecule has 0 saturated carbocycles. The van der Waals surface area contributed by atoms with E-state index in [0.717, 1.165) is 49.7 Å². The second-order valence-corrected chi connectivity index (χ2v) is 8.55. The van der Waals surface area contributed by atoms with E-state index in [0.29, 0.717) is 5.56 Å². The van der Waals surface area contributed by atoms with Crippen LogP contribution in [-0.4, -0.2) is 5.97 Å². The second-order valence-electron chi connectivity index (χ2n) is 8.55. The summed E-state index contributed by atoms with van der Waals surface area (Å²) in [4.78, 5) is 13.1. The summed E-state index contributed by atoms with van der Waals surface area (Å²) in [6, 6.07) is 30.4. The molecule has 0 radical (unpaired) electrons. The molecule has 5 aromatic rings. The number of fused-ring (bicyclic) bond motifs is 10. The van der Waals surface area contributed by atoms with E-state index in [-0.39, 0.29) is 5.97 Å². The number of hydrogen-bond acceptors (Lipinski definition) is 3. The summed E-state index contributed by atoms with van der Waals surface area (Å²) < 4.78 is 13.0. The lowest BCUT2D eigenvalue weighted by Crippen LogP contribution is -2.33. The van der Waals surface area contributed by atoms with Crippen LogP contribution in [-0.2, 0) is 10.3 Å². The maximum atomic E-state index is 13.1. The van der Waals surface area contributed by atoms with Gasteiger partial charge in [0.2, 0.25) is 0 Å². The highest BCUT2D eigenvalue weighted by molar-refractivity contribution is 6.01. The molecule has 0 bridgehead atoms. The van der Waals surface area contributed by atoms with Crippen molar-refractivity contribution in [1.82, 2.24) is 0 Å². The zero-order chi connectivity index (χ0) is 21.4. The third kappa shape index (κ3) is 2.08. The average Bonchev–Trinajstić information content (AvgIpc) is 3.12. The molecule has 2 heterocycles. The van der Waals surface area contributed by atoms with Crippen LogP contribution >= 0.6 is 0 Å². The number of carbonyl (C=O) groups is 1. The summed E-state index contributed by atoms with van der Waals surface area (Å²) in [5, 5.41) is 4.18. The molecule has 0 aromatic heterocycles. The minimum atomic E-state index is -1.04. The molecule has 7 rings (SSSR count). The van der Waals surface area contributed by atoms with Gasteiger partial charge in [-0.1, -0.05) is 78.4 Å². The van der Waals surface area contributed by atoms with Gasteiger partial charge in [0.05, 0.1) is 5.56 Å². The highest BCUT2D eigenvalue weighted by Gasteiger charge is 2.53. The van der Waals surface area contributed by atoms with Gasteiger partial charge in [-0.2, -0.15) is 0 Å². The average molecular weight is 414 g/mol. The Morgan fingerprint density at radius 1 is 0.656 bits per heavy atom. The van der Waals surface area contributed by atoms with Crippen LogP contribution in [0.5, 0.6) is 11.5 Å². The van der Waals surface area contributed by atoms with Crippen molar-refractivity contribution in [2.75, 3.05) is 0 Å². The van der Waals surface area contributed by atoms with Crippen LogP contribution in [0.25, 0.3) is 21.5 Å². The molecule has 0 fully saturated rings. The number of rotatable bonds is 0. The maximum absolute atomic E-state index is 13.1. The lowest BCUT2D eigenvalue weighted by atomic mass is 9.76. The molecule has 2 aliphatic heterocycles. The lowest BCUT2D eigenvalue weighted by Gasteiger charge is -2.37. The predicted molar refractivity (Wildman–Crippen MR) is 124 cm³/mol. The number of aryl methyl sites for hydroxylation is 1. The molecular weight excluding hydrogens is 396 g/mol. The molecule has 0 N–H and O–H groups in total. The van der Waals surface area contributed by atoms with Crippen molar-refractivity contribution < 1.29 is 14.3 Å². The third-order valence-electron chi connectivity index (χ3n) is 6.74. The molecule has 1 unspecified atom stereocenters. The molecule has 32 heavy (non-hydrogen) atoms. The zero-order valence-electron chi connectivity index (χ0n) is 17.4. The maximum Gasteiger partial charge on any atom is 0.340 e. The first-order chi connectivity index (χ1) is 15.7. The van der Waals surface area contributed by atoms with E-state index in [1.165, 1.54) is 5.56 Å². The Balaban J connectivity index is 1.67. The van der Waals surface area contributed by atoms with Gasteiger partial charge in [0.1, 0.15) is 11.5 Å². The molecule has 3 nitrogen and oxygen atoms in total. The van der Waals surface area contributed by atoms with E-state index in [1.807, 2.05) is 48.5 Å². The third-order valence-corrected chi connectivity index (χ3v) is 6.74. The van der Waals surface area contributed by atoms with Crippen LogP contribution in [0, 0.1) is 6.92 Å². The molecule has 5 aromatic carbocycles. The fraction of sp³-hybridized carbons (Fsp3) is 0.0690. The number of benzene rings is 5. The van der Waals surface area contributed by atoms with Gasteiger partial charge in [0.15, 0.2) is 5.60 Å². The van der Waals surface area contributed by atoms with Crippen LogP contribution in [0.3, 0.4) is 0 Å². The Morgan fingerprint density at radius 2 is 1.34 bits per heavy atom. The number of esters is 1. The number of ether oxygens (including phenoxy) is 2. The minimum Gasteiger partial charge on any atom is -0.455 e. The predicted octanol–water partition coefficient (Wildman–Crippen LogP) is 6.87. The summed E-state index contributed by atoms with van der Waals surface area (Å²) in [6.45, 7) is 2.08. The summed E-state index contributed by atoms with van der Waals surface area (Å²) >= 11 is 0. The van der Waals surface area contributed by atoms with Gasteiger partial charge in [-0.15, -0.1) is 0 Å². The van der Waals surface area contributed by atoms with Crippen molar-refractivity contribution in [1.29, 1.82) is 0 Å². The molecular formula is C29H18O3. The van der Waals surface area contributed by atoms with E-state index < -0.39 is 5.60 Å². The van der Waals surface area contributed by atoms with Gasteiger partial charge in [-0.25, -0.2) is 4.79 Å². The van der Waals surface area contributed by atoms with Gasteiger partial charge >= 0.3 is 5.97 Å². The number of hydrogen-bond donors (Lipinski definition) is 0. The quantitative estimate of drug-likeness (QED) is 0.259. The first-order valence-electron chi connectivity index (χ1n) is 10.7. The molecule has 3 heteroatoms. The van der Waals surface area contributed by atoms with Gasteiger partial charge in [-0.05, 0) is 35.9 Å². The van der Waals surface area contributed by atoms with Gasteiger partial charge in [-0.3, -0.25) is 0 Å². The molecule has 1 spiro atoms. The van der Waals surface area contributed by atoms with E-state index in [2.05, 4.69) is 49.4 Å². The topological polar surface area (TPSA) is 35.5 Å². The zero-order valence-corrected chi connectivity index (χ0v) is 17.4. The van der Waals surface area contributed by atoms with Crippen LogP contribution in [0.1, 0.15) is 32.6 Å². The van der Waals surface area contributed by atoms with Crippen molar-refractivity contribution in [3.05, 3.63) is 119 Å². The first kappa shape index (κ1) is 17.6. The Kier molecular flexibility index (Phi) is 3.28. The van der Waals surface area contributed by atoms with Crippen molar-refractivity contribution >= 4 is 27.5 Å². The van der Waals surface area contributed by atoms with E-state index in [1.54, 1.807) is 0 Å². The van der Waals surface area contributed by atoms with Gasteiger partial charge in [0, 0.05) is 27.5 Å². The standard InChI is InChI=1S/C29H18O3/c1-17-10-13-21-19(16-17)12-15-25-27(21)31-26-20-7-3-2-6-18(20)11-14-24(26)29(25)23-9-5-4-8-22(23)28(30)32-29/h2-16H,1H3. The van der Waals surface area contributed by atoms with E-state index in [9.17, 15) is 4.79 Å². The van der Waals surface area contributed by atoms with Crippen LogP contribution in [0.4, 0.5) is 0 Å². The van der Waals surface area contributed by atoms with Crippen LogP contribution in [0.15, 0.2) is 91.0 Å². The molecule has 2 aliphatic rings. The summed E-state index contributed by atoms with van der Waals surface area (Å²) in [5.74, 6) is 1.18. The smallest absolute Gasteiger partial charge is 0.340 e. The second kappa shape index (κ2) is 5.98. The first-order valence-corrected chi connectivity index (χ1v) is 10.7. The Labute approximate surface area is 184 Å². The fourth-order valence-electron chi connectivity index (χ4n) is 5.30.